The van der Waals surface area contributed by atoms with Crippen molar-refractivity contribution in [2.75, 3.05) is 13.1 Å². The maximum Gasteiger partial charge on any atom is 0.274 e. The van der Waals surface area contributed by atoms with Crippen LogP contribution < -0.4 is 5.32 Å². The van der Waals surface area contributed by atoms with E-state index in [9.17, 15) is 14.9 Å². The quantitative estimate of drug-likeness (QED) is 0.539. The van der Waals surface area contributed by atoms with Crippen molar-refractivity contribution < 1.29 is 14.2 Å². The molecule has 1 aliphatic rings. The Bertz CT molecular complexity index is 994. The lowest BCUT2D eigenvalue weighted by Crippen LogP contribution is -2.44. The van der Waals surface area contributed by atoms with Crippen LogP contribution in [0.15, 0.2) is 53.1 Å². The summed E-state index contributed by atoms with van der Waals surface area (Å²) in [5.74, 6) is -0.311. The largest absolute Gasteiger partial charge is 0.355 e. The summed E-state index contributed by atoms with van der Waals surface area (Å²) in [5, 5.41) is 18.2. The number of nitro benzene ring substituents is 1. The minimum atomic E-state index is -0.509. The van der Waals surface area contributed by atoms with Gasteiger partial charge in [0.25, 0.3) is 11.6 Å². The highest BCUT2D eigenvalue weighted by Crippen LogP contribution is 2.24. The fourth-order valence-electron chi connectivity index (χ4n) is 3.53. The predicted octanol–water partition coefficient (Wildman–Crippen LogP) is 3.13. The van der Waals surface area contributed by atoms with Crippen LogP contribution in [-0.2, 0) is 6.54 Å². The summed E-state index contributed by atoms with van der Waals surface area (Å²) in [6.45, 7) is 2.73. The Morgan fingerprint density at radius 3 is 2.68 bits per heavy atom. The first kappa shape index (κ1) is 18.1. The molecule has 0 unspecified atom stereocenters. The number of amides is 1. The van der Waals surface area contributed by atoms with Gasteiger partial charge in [-0.05, 0) is 24.5 Å². The van der Waals surface area contributed by atoms with E-state index in [1.807, 2.05) is 18.2 Å². The first-order valence-corrected chi connectivity index (χ1v) is 9.21. The number of likely N-dealkylation sites (tertiary alicyclic amines) is 1. The Morgan fingerprint density at radius 2 is 1.96 bits per heavy atom. The molecular weight excluding hydrogens is 360 g/mol. The van der Waals surface area contributed by atoms with Gasteiger partial charge in [0, 0.05) is 31.7 Å². The van der Waals surface area contributed by atoms with Gasteiger partial charge in [0.05, 0.1) is 16.4 Å². The zero-order valence-corrected chi connectivity index (χ0v) is 15.2. The number of carbonyl (C=O) groups is 1. The first-order chi connectivity index (χ1) is 13.6. The second-order valence-electron chi connectivity index (χ2n) is 6.98. The summed E-state index contributed by atoms with van der Waals surface area (Å²) in [4.78, 5) is 25.3. The lowest BCUT2D eigenvalue weighted by molar-refractivity contribution is -0.384. The molecule has 8 nitrogen and oxygen atoms in total. The van der Waals surface area contributed by atoms with Crippen LogP contribution in [0, 0.1) is 10.1 Å². The van der Waals surface area contributed by atoms with Crippen LogP contribution in [-0.4, -0.2) is 40.0 Å². The van der Waals surface area contributed by atoms with Gasteiger partial charge in [0.2, 0.25) is 0 Å². The third-order valence-corrected chi connectivity index (χ3v) is 5.05. The normalized spacial score (nSPS) is 15.6. The first-order valence-electron chi connectivity index (χ1n) is 9.21. The van der Waals surface area contributed by atoms with E-state index in [1.54, 1.807) is 0 Å². The molecular formula is C20H20N4O4. The number of fused-ring (bicyclic) bond motifs is 1. The van der Waals surface area contributed by atoms with Crippen LogP contribution in [0.5, 0.6) is 0 Å². The number of hydrogen-bond donors (Lipinski definition) is 1. The topological polar surface area (TPSA) is 102 Å². The second-order valence-corrected chi connectivity index (χ2v) is 6.98. The molecule has 0 radical (unpaired) electrons. The molecule has 0 bridgehead atoms. The number of piperidine rings is 1. The molecule has 28 heavy (non-hydrogen) atoms. The lowest BCUT2D eigenvalue weighted by atomic mass is 10.0. The van der Waals surface area contributed by atoms with Gasteiger partial charge in [0.1, 0.15) is 0 Å². The maximum absolute atomic E-state index is 12.6. The molecule has 0 spiro atoms. The average molecular weight is 380 g/mol. The number of aromatic nitrogens is 1. The summed E-state index contributed by atoms with van der Waals surface area (Å²) in [6, 6.07) is 14.5. The fourth-order valence-corrected chi connectivity index (χ4v) is 3.53. The molecule has 3 aromatic rings. The zero-order chi connectivity index (χ0) is 19.5. The van der Waals surface area contributed by atoms with E-state index in [0.29, 0.717) is 5.39 Å². The third-order valence-electron chi connectivity index (χ3n) is 5.05. The maximum atomic E-state index is 12.6. The standard InChI is InChI=1S/C20H20N4O4/c25-20(19-17-7-6-16(24(26)27)12-18(17)28-22-19)21-15-8-10-23(11-9-15)13-14-4-2-1-3-5-14/h1-7,12,15H,8-11,13H2,(H,21,25). The molecule has 0 atom stereocenters. The number of non-ortho nitro benzene ring substituents is 1. The smallest absolute Gasteiger partial charge is 0.274 e. The summed E-state index contributed by atoms with van der Waals surface area (Å²) in [7, 11) is 0. The molecule has 1 fully saturated rings. The zero-order valence-electron chi connectivity index (χ0n) is 15.2. The van der Waals surface area contributed by atoms with Crippen LogP contribution >= 0.6 is 0 Å². The van der Waals surface area contributed by atoms with Crippen molar-refractivity contribution in [3.63, 3.8) is 0 Å². The van der Waals surface area contributed by atoms with E-state index in [0.717, 1.165) is 32.5 Å². The van der Waals surface area contributed by atoms with E-state index in [4.69, 9.17) is 4.52 Å². The van der Waals surface area contributed by atoms with Gasteiger partial charge >= 0.3 is 0 Å². The highest BCUT2D eigenvalue weighted by atomic mass is 16.6. The summed E-state index contributed by atoms with van der Waals surface area (Å²) in [6.07, 6.45) is 1.72. The van der Waals surface area contributed by atoms with Crippen LogP contribution in [0.1, 0.15) is 28.9 Å². The molecule has 4 rings (SSSR count). The predicted molar refractivity (Wildman–Crippen MR) is 103 cm³/mol. The number of nitrogens with zero attached hydrogens (tertiary/aromatic N) is 3. The lowest BCUT2D eigenvalue weighted by Gasteiger charge is -2.32. The van der Waals surface area contributed by atoms with Crippen molar-refractivity contribution in [1.82, 2.24) is 15.4 Å². The number of carbonyl (C=O) groups excluding carboxylic acids is 1. The van der Waals surface area contributed by atoms with E-state index in [1.165, 1.54) is 23.8 Å². The summed E-state index contributed by atoms with van der Waals surface area (Å²) < 4.78 is 5.11. The average Bonchev–Trinajstić information content (AvgIpc) is 3.13. The second kappa shape index (κ2) is 7.77. The molecule has 1 aromatic heterocycles. The van der Waals surface area contributed by atoms with Gasteiger partial charge in [-0.2, -0.15) is 0 Å². The minimum absolute atomic E-state index is 0.0734. The molecule has 1 N–H and O–H groups in total. The minimum Gasteiger partial charge on any atom is -0.355 e. The number of hydrogen-bond acceptors (Lipinski definition) is 6. The number of nitrogens with one attached hydrogen (secondary N) is 1. The van der Waals surface area contributed by atoms with Crippen molar-refractivity contribution in [2.24, 2.45) is 0 Å². The SMILES string of the molecule is O=C(NC1CCN(Cc2ccccc2)CC1)c1noc2cc([N+](=O)[O-])ccc12. The Kier molecular flexibility index (Phi) is 5.03. The number of rotatable bonds is 5. The molecule has 8 heteroatoms. The molecule has 144 valence electrons. The van der Waals surface area contributed by atoms with E-state index < -0.39 is 4.92 Å². The summed E-state index contributed by atoms with van der Waals surface area (Å²) >= 11 is 0. The van der Waals surface area contributed by atoms with Gasteiger partial charge in [-0.25, -0.2) is 0 Å². The van der Waals surface area contributed by atoms with Gasteiger partial charge in [-0.15, -0.1) is 0 Å². The van der Waals surface area contributed by atoms with E-state index in [-0.39, 0.29) is 28.9 Å². The number of benzene rings is 2. The van der Waals surface area contributed by atoms with Gasteiger partial charge in [-0.1, -0.05) is 35.5 Å². The van der Waals surface area contributed by atoms with Gasteiger partial charge in [0.15, 0.2) is 11.3 Å². The Labute approximate surface area is 161 Å². The Hall–Kier alpha value is -3.26. The van der Waals surface area contributed by atoms with E-state index in [2.05, 4.69) is 27.5 Å². The van der Waals surface area contributed by atoms with Crippen LogP contribution in [0.4, 0.5) is 5.69 Å². The van der Waals surface area contributed by atoms with Crippen molar-refractivity contribution >= 4 is 22.6 Å². The van der Waals surface area contributed by atoms with E-state index >= 15 is 0 Å². The molecule has 2 aromatic carbocycles. The van der Waals surface area contributed by atoms with Crippen LogP contribution in [0.25, 0.3) is 11.0 Å². The molecule has 1 amide bonds. The number of nitro groups is 1. The molecule has 0 aliphatic carbocycles. The molecule has 1 aliphatic heterocycles. The fraction of sp³-hybridized carbons (Fsp3) is 0.300. The van der Waals surface area contributed by atoms with Crippen molar-refractivity contribution in [3.05, 3.63) is 69.9 Å². The molecule has 2 heterocycles. The summed E-state index contributed by atoms with van der Waals surface area (Å²) in [5.41, 5.74) is 1.59. The van der Waals surface area contributed by atoms with Gasteiger partial charge in [-0.3, -0.25) is 19.8 Å². The third kappa shape index (κ3) is 3.86. The Balaban J connectivity index is 1.36. The monoisotopic (exact) mass is 380 g/mol. The Morgan fingerprint density at radius 1 is 1.21 bits per heavy atom. The van der Waals surface area contributed by atoms with Crippen LogP contribution in [0.2, 0.25) is 0 Å². The van der Waals surface area contributed by atoms with Crippen molar-refractivity contribution in [1.29, 1.82) is 0 Å². The van der Waals surface area contributed by atoms with Crippen molar-refractivity contribution in [3.8, 4) is 0 Å². The van der Waals surface area contributed by atoms with Crippen LogP contribution in [0.3, 0.4) is 0 Å². The molecule has 0 saturated carbocycles. The highest BCUT2D eigenvalue weighted by molar-refractivity contribution is 6.04. The van der Waals surface area contributed by atoms with Crippen molar-refractivity contribution in [2.45, 2.75) is 25.4 Å². The van der Waals surface area contributed by atoms with Gasteiger partial charge < -0.3 is 9.84 Å². The molecule has 1 saturated heterocycles. The highest BCUT2D eigenvalue weighted by Gasteiger charge is 2.24.